The second-order valence-electron chi connectivity index (χ2n) is 5.15. The van der Waals surface area contributed by atoms with E-state index in [2.05, 4.69) is 66.5 Å². The smallest absolute Gasteiger partial charge is 0.0354 e. The molecule has 92 valence electrons. The number of hydrogen-bond donors (Lipinski definition) is 0. The fourth-order valence-electron chi connectivity index (χ4n) is 2.97. The van der Waals surface area contributed by atoms with E-state index >= 15 is 0 Å². The third-order valence-electron chi connectivity index (χ3n) is 3.91. The van der Waals surface area contributed by atoms with Gasteiger partial charge in [-0.2, -0.15) is 0 Å². The quantitative estimate of drug-likeness (QED) is 0.784. The average Bonchev–Trinajstić information content (AvgIpc) is 2.84. The summed E-state index contributed by atoms with van der Waals surface area (Å²) in [4.78, 5) is 2.47. The molecule has 0 heterocycles. The maximum absolute atomic E-state index is 2.47. The molecule has 0 spiro atoms. The van der Waals surface area contributed by atoms with Gasteiger partial charge in [0.15, 0.2) is 0 Å². The third kappa shape index (κ3) is 2.19. The lowest BCUT2D eigenvalue weighted by Crippen LogP contribution is -2.22. The summed E-state index contributed by atoms with van der Waals surface area (Å²) in [7, 11) is 2.24. The highest BCUT2D eigenvalue weighted by atomic mass is 15.1. The van der Waals surface area contributed by atoms with Crippen LogP contribution in [0, 0.1) is 0 Å². The van der Waals surface area contributed by atoms with Gasteiger partial charge in [0.2, 0.25) is 0 Å². The molecular weight excluding hydrogens is 218 g/mol. The molecule has 0 aromatic heterocycles. The number of hydrogen-bond acceptors (Lipinski definition) is 1. The Kier molecular flexibility index (Phi) is 3.16. The second-order valence-corrected chi connectivity index (χ2v) is 5.15. The first-order chi connectivity index (χ1) is 8.84. The first-order valence-electron chi connectivity index (χ1n) is 6.66. The lowest BCUT2D eigenvalue weighted by Gasteiger charge is -2.25. The van der Waals surface area contributed by atoms with E-state index in [4.69, 9.17) is 0 Å². The lowest BCUT2D eigenvalue weighted by atomic mass is 10.1. The van der Waals surface area contributed by atoms with Crippen LogP contribution < -0.4 is 0 Å². The fourth-order valence-corrected chi connectivity index (χ4v) is 2.97. The van der Waals surface area contributed by atoms with Gasteiger partial charge in [0.05, 0.1) is 0 Å². The van der Waals surface area contributed by atoms with E-state index in [-0.39, 0.29) is 0 Å². The molecule has 0 aliphatic heterocycles. The lowest BCUT2D eigenvalue weighted by molar-refractivity contribution is 0.236. The van der Waals surface area contributed by atoms with Crippen LogP contribution in [0.1, 0.15) is 29.2 Å². The number of fused-ring (bicyclic) bond motifs is 1. The molecule has 0 bridgehead atoms. The fraction of sp³-hybridized carbons (Fsp3) is 0.294. The van der Waals surface area contributed by atoms with Crippen molar-refractivity contribution in [2.75, 3.05) is 7.05 Å². The molecule has 1 nitrogen and oxygen atoms in total. The average molecular weight is 237 g/mol. The van der Waals surface area contributed by atoms with Crippen molar-refractivity contribution in [1.29, 1.82) is 0 Å². The van der Waals surface area contributed by atoms with Crippen LogP contribution in [0.15, 0.2) is 54.6 Å². The maximum atomic E-state index is 2.47. The van der Waals surface area contributed by atoms with Crippen LogP contribution in [0.25, 0.3) is 0 Å². The first kappa shape index (κ1) is 11.5. The van der Waals surface area contributed by atoms with Crippen LogP contribution in [0.5, 0.6) is 0 Å². The number of aryl methyl sites for hydroxylation is 1. The van der Waals surface area contributed by atoms with Gasteiger partial charge < -0.3 is 0 Å². The highest BCUT2D eigenvalue weighted by Crippen LogP contribution is 2.35. The summed E-state index contributed by atoms with van der Waals surface area (Å²) in [5, 5.41) is 0. The third-order valence-corrected chi connectivity index (χ3v) is 3.91. The van der Waals surface area contributed by atoms with Crippen molar-refractivity contribution in [2.24, 2.45) is 0 Å². The molecule has 0 saturated carbocycles. The van der Waals surface area contributed by atoms with E-state index in [0.717, 1.165) is 6.54 Å². The predicted molar refractivity (Wildman–Crippen MR) is 75.4 cm³/mol. The van der Waals surface area contributed by atoms with Gasteiger partial charge in [-0.05, 0) is 36.6 Å². The van der Waals surface area contributed by atoms with E-state index in [1.54, 1.807) is 0 Å². The monoisotopic (exact) mass is 237 g/mol. The minimum Gasteiger partial charge on any atom is -0.295 e. The molecule has 1 atom stereocenters. The number of rotatable bonds is 3. The largest absolute Gasteiger partial charge is 0.295 e. The van der Waals surface area contributed by atoms with Crippen LogP contribution in [0.4, 0.5) is 0 Å². The zero-order valence-corrected chi connectivity index (χ0v) is 10.8. The van der Waals surface area contributed by atoms with E-state index in [0.29, 0.717) is 6.04 Å². The molecule has 1 aliphatic carbocycles. The van der Waals surface area contributed by atoms with Gasteiger partial charge in [0.1, 0.15) is 0 Å². The minimum absolute atomic E-state index is 0.585. The highest BCUT2D eigenvalue weighted by Gasteiger charge is 2.25. The predicted octanol–water partition coefficient (Wildman–Crippen LogP) is 3.81. The van der Waals surface area contributed by atoms with Crippen molar-refractivity contribution >= 4 is 0 Å². The van der Waals surface area contributed by atoms with Gasteiger partial charge in [-0.25, -0.2) is 0 Å². The van der Waals surface area contributed by atoms with Crippen LogP contribution in [-0.4, -0.2) is 11.9 Å². The van der Waals surface area contributed by atoms with Crippen LogP contribution in [-0.2, 0) is 13.0 Å². The molecule has 0 N–H and O–H groups in total. The molecule has 0 radical (unpaired) electrons. The van der Waals surface area contributed by atoms with Crippen molar-refractivity contribution in [3.8, 4) is 0 Å². The summed E-state index contributed by atoms with van der Waals surface area (Å²) in [6.07, 6.45) is 2.47. The Bertz CT molecular complexity index is 518. The molecular formula is C17H19N. The first-order valence-corrected chi connectivity index (χ1v) is 6.66. The van der Waals surface area contributed by atoms with Crippen molar-refractivity contribution in [3.05, 3.63) is 71.3 Å². The molecule has 2 aromatic rings. The SMILES string of the molecule is CN(Cc1ccccc1)[C@@H]1CCc2ccccc21. The summed E-state index contributed by atoms with van der Waals surface area (Å²) < 4.78 is 0. The highest BCUT2D eigenvalue weighted by molar-refractivity contribution is 5.34. The second kappa shape index (κ2) is 4.95. The molecule has 0 saturated heterocycles. The number of nitrogens with zero attached hydrogens (tertiary/aromatic N) is 1. The number of benzene rings is 2. The zero-order chi connectivity index (χ0) is 12.4. The van der Waals surface area contributed by atoms with Crippen LogP contribution >= 0.6 is 0 Å². The van der Waals surface area contributed by atoms with Gasteiger partial charge in [-0.3, -0.25) is 4.90 Å². The summed E-state index contributed by atoms with van der Waals surface area (Å²) in [5.41, 5.74) is 4.45. The molecule has 2 aromatic carbocycles. The Morgan fingerprint density at radius 2 is 1.72 bits per heavy atom. The molecule has 0 fully saturated rings. The standard InChI is InChI=1S/C17H19N/c1-18(13-14-7-3-2-4-8-14)17-12-11-15-9-5-6-10-16(15)17/h2-10,17H,11-13H2,1H3/t17-/m1/s1. The van der Waals surface area contributed by atoms with Gasteiger partial charge in [0, 0.05) is 12.6 Å². The molecule has 1 heteroatoms. The summed E-state index contributed by atoms with van der Waals surface area (Å²) in [6, 6.07) is 20.2. The summed E-state index contributed by atoms with van der Waals surface area (Å²) in [5.74, 6) is 0. The van der Waals surface area contributed by atoms with E-state index in [9.17, 15) is 0 Å². The van der Waals surface area contributed by atoms with Crippen LogP contribution in [0.3, 0.4) is 0 Å². The van der Waals surface area contributed by atoms with Crippen molar-refractivity contribution in [3.63, 3.8) is 0 Å². The van der Waals surface area contributed by atoms with Gasteiger partial charge in [0.25, 0.3) is 0 Å². The Morgan fingerprint density at radius 3 is 2.56 bits per heavy atom. The topological polar surface area (TPSA) is 3.24 Å². The van der Waals surface area contributed by atoms with E-state index < -0.39 is 0 Å². The summed E-state index contributed by atoms with van der Waals surface area (Å²) in [6.45, 7) is 1.03. The van der Waals surface area contributed by atoms with Crippen molar-refractivity contribution < 1.29 is 0 Å². The Balaban J connectivity index is 1.77. The van der Waals surface area contributed by atoms with E-state index in [1.807, 2.05) is 0 Å². The normalized spacial score (nSPS) is 18.0. The van der Waals surface area contributed by atoms with Gasteiger partial charge >= 0.3 is 0 Å². The van der Waals surface area contributed by atoms with Crippen molar-refractivity contribution in [1.82, 2.24) is 4.90 Å². The zero-order valence-electron chi connectivity index (χ0n) is 10.8. The Labute approximate surface area is 109 Å². The molecule has 18 heavy (non-hydrogen) atoms. The van der Waals surface area contributed by atoms with E-state index in [1.165, 1.54) is 29.5 Å². The minimum atomic E-state index is 0.585. The Morgan fingerprint density at radius 1 is 1.00 bits per heavy atom. The van der Waals surface area contributed by atoms with Crippen LogP contribution in [0.2, 0.25) is 0 Å². The van der Waals surface area contributed by atoms with Gasteiger partial charge in [-0.15, -0.1) is 0 Å². The Hall–Kier alpha value is -1.60. The molecule has 0 unspecified atom stereocenters. The summed E-state index contributed by atoms with van der Waals surface area (Å²) >= 11 is 0. The molecule has 0 amide bonds. The maximum Gasteiger partial charge on any atom is 0.0354 e. The molecule has 3 rings (SSSR count). The van der Waals surface area contributed by atoms with Gasteiger partial charge in [-0.1, -0.05) is 54.6 Å². The molecule has 1 aliphatic rings. The van der Waals surface area contributed by atoms with Crippen molar-refractivity contribution in [2.45, 2.75) is 25.4 Å².